The SMILES string of the molecule is Cc1ccsc1/C=N/n1c(-c2n[nH]c3c2CCC3)n[nH]c1=S. The summed E-state index contributed by atoms with van der Waals surface area (Å²) in [5.74, 6) is 0.662. The standard InChI is InChI=1S/C14H14N6S2/c1-8-5-6-22-11(8)7-15-20-13(18-19-14(20)21)12-9-3-2-4-10(9)16-17-12/h5-7H,2-4H2,1H3,(H,16,17)(H,19,21)/b15-7+. The van der Waals surface area contributed by atoms with E-state index in [-0.39, 0.29) is 0 Å². The number of fused-ring (bicyclic) bond motifs is 1. The Hall–Kier alpha value is -2.06. The number of H-pyrrole nitrogens is 2. The smallest absolute Gasteiger partial charge is 0.216 e. The van der Waals surface area contributed by atoms with Crippen LogP contribution in [-0.4, -0.2) is 31.3 Å². The van der Waals surface area contributed by atoms with Gasteiger partial charge in [-0.2, -0.15) is 20.0 Å². The van der Waals surface area contributed by atoms with Crippen molar-refractivity contribution in [2.75, 3.05) is 0 Å². The van der Waals surface area contributed by atoms with Gasteiger partial charge in [0.2, 0.25) is 10.6 Å². The first-order valence-corrected chi connectivity index (χ1v) is 8.35. The predicted molar refractivity (Wildman–Crippen MR) is 89.1 cm³/mol. The fourth-order valence-corrected chi connectivity index (χ4v) is 3.64. The second kappa shape index (κ2) is 5.29. The van der Waals surface area contributed by atoms with Crippen LogP contribution in [0.5, 0.6) is 0 Å². The Labute approximate surface area is 135 Å². The molecule has 112 valence electrons. The Morgan fingerprint density at radius 1 is 1.36 bits per heavy atom. The number of aromatic amines is 2. The molecule has 0 saturated carbocycles. The van der Waals surface area contributed by atoms with E-state index in [1.165, 1.54) is 16.8 Å². The summed E-state index contributed by atoms with van der Waals surface area (Å²) >= 11 is 6.95. The van der Waals surface area contributed by atoms with E-state index in [1.807, 2.05) is 11.6 Å². The molecule has 3 heterocycles. The van der Waals surface area contributed by atoms with Crippen molar-refractivity contribution < 1.29 is 0 Å². The van der Waals surface area contributed by atoms with E-state index in [1.54, 1.807) is 16.0 Å². The van der Waals surface area contributed by atoms with Gasteiger partial charge in [0, 0.05) is 11.3 Å². The largest absolute Gasteiger partial charge is 0.282 e. The Bertz CT molecular complexity index is 910. The van der Waals surface area contributed by atoms with Gasteiger partial charge in [-0.25, -0.2) is 5.10 Å². The van der Waals surface area contributed by atoms with Gasteiger partial charge in [-0.15, -0.1) is 11.3 Å². The van der Waals surface area contributed by atoms with Crippen molar-refractivity contribution in [1.82, 2.24) is 25.1 Å². The second-order valence-electron chi connectivity index (χ2n) is 5.26. The van der Waals surface area contributed by atoms with Gasteiger partial charge < -0.3 is 0 Å². The molecule has 0 amide bonds. The summed E-state index contributed by atoms with van der Waals surface area (Å²) in [6.07, 6.45) is 5.04. The van der Waals surface area contributed by atoms with Crippen molar-refractivity contribution in [3.05, 3.63) is 37.9 Å². The second-order valence-corrected chi connectivity index (χ2v) is 6.59. The Kier molecular flexibility index (Phi) is 3.27. The lowest BCUT2D eigenvalue weighted by atomic mass is 10.2. The minimum absolute atomic E-state index is 0.468. The van der Waals surface area contributed by atoms with Gasteiger partial charge in [-0.05, 0) is 55.4 Å². The zero-order valence-electron chi connectivity index (χ0n) is 12.0. The lowest BCUT2D eigenvalue weighted by molar-refractivity contribution is 0.844. The molecule has 0 aromatic carbocycles. The fourth-order valence-electron chi connectivity index (χ4n) is 2.68. The molecule has 8 heteroatoms. The Balaban J connectivity index is 1.78. The lowest BCUT2D eigenvalue weighted by Crippen LogP contribution is -1.97. The van der Waals surface area contributed by atoms with Crippen LogP contribution in [0, 0.1) is 11.7 Å². The third-order valence-electron chi connectivity index (χ3n) is 3.86. The summed E-state index contributed by atoms with van der Waals surface area (Å²) in [5.41, 5.74) is 4.48. The first-order chi connectivity index (χ1) is 10.7. The highest BCUT2D eigenvalue weighted by atomic mass is 32.1. The van der Waals surface area contributed by atoms with Crippen LogP contribution >= 0.6 is 23.6 Å². The van der Waals surface area contributed by atoms with Crippen LogP contribution in [0.1, 0.15) is 28.1 Å². The van der Waals surface area contributed by atoms with Crippen LogP contribution < -0.4 is 0 Å². The van der Waals surface area contributed by atoms with Gasteiger partial charge in [0.25, 0.3) is 0 Å². The molecular formula is C14H14N6S2. The first kappa shape index (κ1) is 13.6. The topological polar surface area (TPSA) is 74.7 Å². The fraction of sp³-hybridized carbons (Fsp3) is 0.286. The van der Waals surface area contributed by atoms with Crippen LogP contribution in [0.3, 0.4) is 0 Å². The molecule has 0 bridgehead atoms. The maximum Gasteiger partial charge on any atom is 0.216 e. The minimum atomic E-state index is 0.468. The molecule has 0 aliphatic heterocycles. The van der Waals surface area contributed by atoms with E-state index in [0.29, 0.717) is 10.6 Å². The number of rotatable bonds is 3. The lowest BCUT2D eigenvalue weighted by Gasteiger charge is -1.99. The van der Waals surface area contributed by atoms with E-state index < -0.39 is 0 Å². The Morgan fingerprint density at radius 2 is 2.27 bits per heavy atom. The molecule has 4 rings (SSSR count). The summed E-state index contributed by atoms with van der Waals surface area (Å²) in [4.78, 5) is 1.11. The Morgan fingerprint density at radius 3 is 3.09 bits per heavy atom. The van der Waals surface area contributed by atoms with Crippen molar-refractivity contribution in [3.63, 3.8) is 0 Å². The van der Waals surface area contributed by atoms with Crippen molar-refractivity contribution >= 4 is 29.8 Å². The zero-order chi connectivity index (χ0) is 15.1. The van der Waals surface area contributed by atoms with E-state index in [0.717, 1.165) is 29.8 Å². The average molecular weight is 330 g/mol. The van der Waals surface area contributed by atoms with Crippen LogP contribution in [-0.2, 0) is 12.8 Å². The van der Waals surface area contributed by atoms with Gasteiger partial charge in [0.1, 0.15) is 5.69 Å². The van der Waals surface area contributed by atoms with Crippen molar-refractivity contribution in [1.29, 1.82) is 0 Å². The van der Waals surface area contributed by atoms with Crippen molar-refractivity contribution in [2.24, 2.45) is 5.10 Å². The average Bonchev–Trinajstić information content (AvgIpc) is 3.22. The predicted octanol–water partition coefficient (Wildman–Crippen LogP) is 3.07. The molecule has 0 fully saturated rings. The summed E-state index contributed by atoms with van der Waals surface area (Å²) in [7, 11) is 0. The van der Waals surface area contributed by atoms with Crippen LogP contribution in [0.25, 0.3) is 11.5 Å². The molecule has 0 radical (unpaired) electrons. The third-order valence-corrected chi connectivity index (χ3v) is 5.08. The maximum absolute atomic E-state index is 5.30. The van der Waals surface area contributed by atoms with Gasteiger partial charge >= 0.3 is 0 Å². The molecule has 2 N–H and O–H groups in total. The molecule has 3 aromatic heterocycles. The molecule has 0 atom stereocenters. The summed E-state index contributed by atoms with van der Waals surface area (Å²) in [6, 6.07) is 2.07. The number of nitrogens with zero attached hydrogens (tertiary/aromatic N) is 4. The molecule has 1 aliphatic rings. The highest BCUT2D eigenvalue weighted by molar-refractivity contribution is 7.71. The van der Waals surface area contributed by atoms with Gasteiger partial charge in [-0.1, -0.05) is 0 Å². The molecule has 22 heavy (non-hydrogen) atoms. The van der Waals surface area contributed by atoms with Crippen LogP contribution in [0.15, 0.2) is 16.5 Å². The number of aryl methyl sites for hydroxylation is 2. The molecule has 6 nitrogen and oxygen atoms in total. The molecule has 0 saturated heterocycles. The third kappa shape index (κ3) is 2.15. The van der Waals surface area contributed by atoms with Gasteiger partial charge in [-0.3, -0.25) is 5.10 Å². The number of aromatic nitrogens is 5. The van der Waals surface area contributed by atoms with Crippen LogP contribution in [0.4, 0.5) is 0 Å². The number of hydrogen-bond acceptors (Lipinski definition) is 5. The summed E-state index contributed by atoms with van der Waals surface area (Å²) < 4.78 is 2.11. The molecule has 0 spiro atoms. The van der Waals surface area contributed by atoms with Crippen molar-refractivity contribution in [3.8, 4) is 11.5 Å². The van der Waals surface area contributed by atoms with Gasteiger partial charge in [0.15, 0.2) is 0 Å². The van der Waals surface area contributed by atoms with Gasteiger partial charge in [0.05, 0.1) is 11.1 Å². The highest BCUT2D eigenvalue weighted by Crippen LogP contribution is 2.29. The number of hydrogen-bond donors (Lipinski definition) is 2. The summed E-state index contributed by atoms with van der Waals surface area (Å²) in [6.45, 7) is 2.06. The summed E-state index contributed by atoms with van der Waals surface area (Å²) in [5, 5.41) is 21.2. The van der Waals surface area contributed by atoms with E-state index in [9.17, 15) is 0 Å². The van der Waals surface area contributed by atoms with E-state index >= 15 is 0 Å². The van der Waals surface area contributed by atoms with E-state index in [4.69, 9.17) is 12.2 Å². The number of thiophene rings is 1. The van der Waals surface area contributed by atoms with E-state index in [2.05, 4.69) is 38.5 Å². The monoisotopic (exact) mass is 330 g/mol. The normalized spacial score (nSPS) is 14.0. The molecular weight excluding hydrogens is 316 g/mol. The van der Waals surface area contributed by atoms with Crippen LogP contribution in [0.2, 0.25) is 0 Å². The molecule has 0 unspecified atom stereocenters. The molecule has 1 aliphatic carbocycles. The highest BCUT2D eigenvalue weighted by Gasteiger charge is 2.23. The van der Waals surface area contributed by atoms with Crippen molar-refractivity contribution in [2.45, 2.75) is 26.2 Å². The maximum atomic E-state index is 5.30. The quantitative estimate of drug-likeness (QED) is 0.572. The first-order valence-electron chi connectivity index (χ1n) is 7.06. The molecule has 3 aromatic rings. The zero-order valence-corrected chi connectivity index (χ0v) is 13.6. The number of nitrogens with one attached hydrogen (secondary N) is 2. The minimum Gasteiger partial charge on any atom is -0.282 e.